The zero-order valence-electron chi connectivity index (χ0n) is 13.1. The molecule has 4 nitrogen and oxygen atoms in total. The van der Waals surface area contributed by atoms with E-state index < -0.39 is 6.04 Å². The van der Waals surface area contributed by atoms with Crippen LogP contribution in [0.2, 0.25) is 0 Å². The van der Waals surface area contributed by atoms with Gasteiger partial charge in [0.15, 0.2) is 0 Å². The van der Waals surface area contributed by atoms with Crippen LogP contribution in [0.25, 0.3) is 10.1 Å². The number of carbonyl (C=O) groups is 1. The van der Waals surface area contributed by atoms with Gasteiger partial charge in [0.2, 0.25) is 5.91 Å². The summed E-state index contributed by atoms with van der Waals surface area (Å²) in [6.45, 7) is 3.82. The quantitative estimate of drug-likeness (QED) is 0.792. The molecule has 118 valence electrons. The number of rotatable bonds is 4. The molecule has 23 heavy (non-hydrogen) atoms. The Kier molecular flexibility index (Phi) is 4.30. The number of amides is 1. The Hall–Kier alpha value is -2.40. The molecule has 0 fully saturated rings. The lowest BCUT2D eigenvalue weighted by Crippen LogP contribution is -2.28. The van der Waals surface area contributed by atoms with Crippen LogP contribution in [0.15, 0.2) is 53.3 Å². The van der Waals surface area contributed by atoms with Crippen molar-refractivity contribution in [2.75, 3.05) is 5.32 Å². The molecule has 5 heteroatoms. The second-order valence-electron chi connectivity index (χ2n) is 5.44. The van der Waals surface area contributed by atoms with Gasteiger partial charge in [-0.25, -0.2) is 0 Å². The van der Waals surface area contributed by atoms with Crippen molar-refractivity contribution in [1.29, 1.82) is 0 Å². The predicted molar refractivity (Wildman–Crippen MR) is 95.2 cm³/mol. The molecule has 0 aliphatic heterocycles. The van der Waals surface area contributed by atoms with E-state index in [4.69, 9.17) is 0 Å². The van der Waals surface area contributed by atoms with Crippen molar-refractivity contribution < 1.29 is 4.79 Å². The minimum absolute atomic E-state index is 0.115. The summed E-state index contributed by atoms with van der Waals surface area (Å²) >= 11 is 1.32. The van der Waals surface area contributed by atoms with Gasteiger partial charge in [0.05, 0.1) is 10.1 Å². The molecule has 1 heterocycles. The molecule has 0 saturated carbocycles. The minimum Gasteiger partial charge on any atom is -0.324 e. The minimum atomic E-state index is -0.551. The van der Waals surface area contributed by atoms with Crippen LogP contribution in [-0.2, 0) is 11.2 Å². The maximum Gasteiger partial charge on any atom is 0.269 e. The lowest BCUT2D eigenvalue weighted by Gasteiger charge is -2.12. The van der Waals surface area contributed by atoms with Crippen molar-refractivity contribution in [3.05, 3.63) is 64.4 Å². The maximum absolute atomic E-state index is 12.5. The van der Waals surface area contributed by atoms with E-state index in [0.29, 0.717) is 5.39 Å². The molecule has 0 radical (unpaired) electrons. The number of nitrogens with one attached hydrogen (secondary N) is 1. The first-order valence-electron chi connectivity index (χ1n) is 7.60. The monoisotopic (exact) mass is 326 g/mol. The number of hydrogen-bond donors (Lipinski definition) is 1. The third-order valence-corrected chi connectivity index (χ3v) is 5.08. The van der Waals surface area contributed by atoms with Crippen molar-refractivity contribution in [2.24, 2.45) is 0 Å². The van der Waals surface area contributed by atoms with Gasteiger partial charge in [-0.1, -0.05) is 42.7 Å². The first-order chi connectivity index (χ1) is 11.1. The lowest BCUT2D eigenvalue weighted by molar-refractivity contribution is -0.118. The summed E-state index contributed by atoms with van der Waals surface area (Å²) in [5, 5.41) is 3.55. The van der Waals surface area contributed by atoms with Gasteiger partial charge in [-0.15, -0.1) is 0 Å². The third-order valence-electron chi connectivity index (χ3n) is 3.85. The van der Waals surface area contributed by atoms with Crippen LogP contribution in [0.1, 0.15) is 25.5 Å². The summed E-state index contributed by atoms with van der Waals surface area (Å²) in [5.74, 6) is -0.188. The number of anilines is 1. The van der Waals surface area contributed by atoms with Crippen LogP contribution >= 0.6 is 11.5 Å². The SMILES string of the molecule is CCc1cccc(NC(=O)C(C)n2sc3ccccc3c2=O)c1. The largest absolute Gasteiger partial charge is 0.324 e. The normalized spacial score (nSPS) is 12.3. The number of nitrogens with zero attached hydrogens (tertiary/aromatic N) is 1. The van der Waals surface area contributed by atoms with Gasteiger partial charge in [0.1, 0.15) is 6.04 Å². The van der Waals surface area contributed by atoms with E-state index in [-0.39, 0.29) is 11.5 Å². The topological polar surface area (TPSA) is 51.1 Å². The average Bonchev–Trinajstić information content (AvgIpc) is 2.91. The Morgan fingerprint density at radius 2 is 2.00 bits per heavy atom. The van der Waals surface area contributed by atoms with Crippen LogP contribution in [0.4, 0.5) is 5.69 Å². The Morgan fingerprint density at radius 1 is 1.22 bits per heavy atom. The van der Waals surface area contributed by atoms with Gasteiger partial charge in [0, 0.05) is 5.69 Å². The molecule has 1 amide bonds. The van der Waals surface area contributed by atoms with Gasteiger partial charge in [-0.05, 0) is 43.2 Å². The van der Waals surface area contributed by atoms with E-state index in [1.807, 2.05) is 42.5 Å². The summed E-state index contributed by atoms with van der Waals surface area (Å²) in [5.41, 5.74) is 1.81. The van der Waals surface area contributed by atoms with Crippen LogP contribution in [0, 0.1) is 0 Å². The highest BCUT2D eigenvalue weighted by molar-refractivity contribution is 7.14. The van der Waals surface area contributed by atoms with Crippen molar-refractivity contribution in [3.63, 3.8) is 0 Å². The highest BCUT2D eigenvalue weighted by Gasteiger charge is 2.19. The summed E-state index contributed by atoms with van der Waals surface area (Å²) in [7, 11) is 0. The molecule has 3 aromatic rings. The number of aryl methyl sites for hydroxylation is 1. The third kappa shape index (κ3) is 3.05. The van der Waals surface area contributed by atoms with Gasteiger partial charge >= 0.3 is 0 Å². The second-order valence-corrected chi connectivity index (χ2v) is 6.45. The summed E-state index contributed by atoms with van der Waals surface area (Å²) < 4.78 is 2.43. The van der Waals surface area contributed by atoms with Crippen LogP contribution < -0.4 is 10.9 Å². The van der Waals surface area contributed by atoms with E-state index >= 15 is 0 Å². The number of hydrogen-bond acceptors (Lipinski definition) is 3. The number of carbonyl (C=O) groups excluding carboxylic acids is 1. The molecule has 2 aromatic carbocycles. The molecule has 0 saturated heterocycles. The van der Waals surface area contributed by atoms with Gasteiger partial charge in [0.25, 0.3) is 5.56 Å². The number of fused-ring (bicyclic) bond motifs is 1. The van der Waals surface area contributed by atoms with Crippen LogP contribution in [0.5, 0.6) is 0 Å². The molecular weight excluding hydrogens is 308 g/mol. The molecule has 1 unspecified atom stereocenters. The summed E-state index contributed by atoms with van der Waals surface area (Å²) in [6.07, 6.45) is 0.912. The average molecular weight is 326 g/mol. The Balaban J connectivity index is 1.86. The molecule has 1 N–H and O–H groups in total. The zero-order chi connectivity index (χ0) is 16.4. The molecule has 3 rings (SSSR count). The van der Waals surface area contributed by atoms with Crippen molar-refractivity contribution in [3.8, 4) is 0 Å². The van der Waals surface area contributed by atoms with Gasteiger partial charge < -0.3 is 5.32 Å². The van der Waals surface area contributed by atoms with Crippen molar-refractivity contribution >= 4 is 33.2 Å². The highest BCUT2D eigenvalue weighted by Crippen LogP contribution is 2.21. The molecular formula is C18H18N2O2S. The fourth-order valence-electron chi connectivity index (χ4n) is 2.47. The van der Waals surface area contributed by atoms with E-state index in [0.717, 1.165) is 22.4 Å². The standard InChI is InChI=1S/C18H18N2O2S/c1-3-13-7-6-8-14(11-13)19-17(21)12(2)20-18(22)15-9-4-5-10-16(15)23-20/h4-12H,3H2,1-2H3,(H,19,21). The molecule has 0 aliphatic carbocycles. The fourth-order valence-corrected chi connectivity index (χ4v) is 3.51. The van der Waals surface area contributed by atoms with E-state index in [9.17, 15) is 9.59 Å². The molecule has 0 bridgehead atoms. The highest BCUT2D eigenvalue weighted by atomic mass is 32.1. The summed E-state index contributed by atoms with van der Waals surface area (Å²) in [6, 6.07) is 14.6. The fraction of sp³-hybridized carbons (Fsp3) is 0.222. The van der Waals surface area contributed by atoms with Crippen LogP contribution in [0.3, 0.4) is 0 Å². The van der Waals surface area contributed by atoms with E-state index in [2.05, 4.69) is 12.2 Å². The van der Waals surface area contributed by atoms with E-state index in [1.54, 1.807) is 13.0 Å². The first kappa shape index (κ1) is 15.5. The molecule has 1 atom stereocenters. The molecule has 0 spiro atoms. The van der Waals surface area contributed by atoms with Gasteiger partial charge in [-0.2, -0.15) is 0 Å². The predicted octanol–water partition coefficient (Wildman–Crippen LogP) is 3.83. The van der Waals surface area contributed by atoms with E-state index in [1.165, 1.54) is 15.5 Å². The lowest BCUT2D eigenvalue weighted by atomic mass is 10.1. The molecule has 1 aromatic heterocycles. The molecule has 0 aliphatic rings. The zero-order valence-corrected chi connectivity index (χ0v) is 13.9. The van der Waals surface area contributed by atoms with Gasteiger partial charge in [-0.3, -0.25) is 13.5 Å². The number of aromatic nitrogens is 1. The maximum atomic E-state index is 12.5. The first-order valence-corrected chi connectivity index (χ1v) is 8.38. The Morgan fingerprint density at radius 3 is 2.74 bits per heavy atom. The Labute approximate surface area is 138 Å². The second kappa shape index (κ2) is 6.38. The Bertz CT molecular complexity index is 911. The van der Waals surface area contributed by atoms with Crippen LogP contribution in [-0.4, -0.2) is 9.86 Å². The summed E-state index contributed by atoms with van der Waals surface area (Å²) in [4.78, 5) is 24.9. The van der Waals surface area contributed by atoms with Crippen molar-refractivity contribution in [1.82, 2.24) is 3.96 Å². The number of benzene rings is 2. The van der Waals surface area contributed by atoms with Crippen molar-refractivity contribution in [2.45, 2.75) is 26.3 Å². The smallest absolute Gasteiger partial charge is 0.269 e.